The Morgan fingerprint density at radius 2 is 0.554 bits per heavy atom. The smallest absolute Gasteiger partial charge is 0.462 e. The van der Waals surface area contributed by atoms with E-state index in [1.165, 1.54) is 167 Å². The van der Waals surface area contributed by atoms with Crippen LogP contribution in [0.1, 0.15) is 370 Å². The lowest BCUT2D eigenvalue weighted by molar-refractivity contribution is -0.161. The Balaban J connectivity index is 5.14. The average Bonchev–Trinajstić information content (AvgIpc) is 2.47. The van der Waals surface area contributed by atoms with E-state index >= 15 is 0 Å². The number of aliphatic hydroxyl groups excluding tert-OH is 1. The molecule has 0 rings (SSSR count). The molecule has 92 heavy (non-hydrogen) atoms. The molecule has 0 bridgehead atoms. The Bertz CT molecular complexity index is 1800. The average molecular weight is 1350 g/mol. The van der Waals surface area contributed by atoms with Crippen LogP contribution in [0.25, 0.3) is 0 Å². The van der Waals surface area contributed by atoms with Gasteiger partial charge in [0.25, 0.3) is 0 Å². The van der Waals surface area contributed by atoms with Crippen LogP contribution in [-0.4, -0.2) is 96.7 Å². The van der Waals surface area contributed by atoms with Crippen molar-refractivity contribution in [3.05, 3.63) is 0 Å². The molecule has 0 aromatic carbocycles. The van der Waals surface area contributed by atoms with Crippen molar-refractivity contribution in [2.24, 2.45) is 17.8 Å². The first-order chi connectivity index (χ1) is 44.3. The van der Waals surface area contributed by atoms with Crippen LogP contribution < -0.4 is 0 Å². The molecule has 0 radical (unpaired) electrons. The molecule has 546 valence electrons. The van der Waals surface area contributed by atoms with E-state index in [-0.39, 0.29) is 25.7 Å². The minimum Gasteiger partial charge on any atom is -0.462 e. The second-order valence-corrected chi connectivity index (χ2v) is 30.4. The maximum atomic E-state index is 13.0. The number of carbonyl (C=O) groups is 4. The Labute approximate surface area is 562 Å². The Hall–Kier alpha value is -1.94. The van der Waals surface area contributed by atoms with E-state index in [0.717, 1.165) is 109 Å². The van der Waals surface area contributed by atoms with Crippen molar-refractivity contribution in [3.63, 3.8) is 0 Å². The zero-order chi connectivity index (χ0) is 68.0. The van der Waals surface area contributed by atoms with Crippen LogP contribution >= 0.6 is 15.6 Å². The predicted octanol–water partition coefficient (Wildman–Crippen LogP) is 21.0. The van der Waals surface area contributed by atoms with Crippen LogP contribution in [0.2, 0.25) is 0 Å². The minimum atomic E-state index is -4.95. The number of carbonyl (C=O) groups excluding carboxylic acids is 4. The number of aliphatic hydroxyl groups is 1. The van der Waals surface area contributed by atoms with Crippen LogP contribution in [0.4, 0.5) is 0 Å². The quantitative estimate of drug-likeness (QED) is 0.0222. The largest absolute Gasteiger partial charge is 0.472 e. The van der Waals surface area contributed by atoms with Crippen LogP contribution in [0.5, 0.6) is 0 Å². The topological polar surface area (TPSA) is 237 Å². The number of hydrogen-bond donors (Lipinski definition) is 3. The number of ether oxygens (including phenoxy) is 4. The lowest BCUT2D eigenvalue weighted by atomic mass is 10.00. The minimum absolute atomic E-state index is 0.102. The predicted molar refractivity (Wildman–Crippen MR) is 372 cm³/mol. The van der Waals surface area contributed by atoms with Gasteiger partial charge in [0.1, 0.15) is 19.3 Å². The van der Waals surface area contributed by atoms with Gasteiger partial charge in [0, 0.05) is 25.7 Å². The highest BCUT2D eigenvalue weighted by Gasteiger charge is 2.30. The standard InChI is InChI=1S/C73H142O17P2/c1-8-10-11-12-13-14-15-16-17-18-19-20-21-22-23-24-25-26-27-32-42-49-56-72(77)89-68(60-83-70(75)54-47-40-33-28-30-37-44-51-64(3)4)62-87-91(79,80)85-58-67(74)59-86-92(81,82)88-63-69(90-73(78)57-50-43-34-29-31-38-45-52-65(5)6)61-84-71(76)55-48-41-36-35-39-46-53-66(7)9-2/h64-69,74H,8-63H2,1-7H3,(H,79,80)(H,81,82)/t66?,67-,68-,69-/m1/s1. The van der Waals surface area contributed by atoms with Gasteiger partial charge in [-0.15, -0.1) is 0 Å². The van der Waals surface area contributed by atoms with E-state index in [1.54, 1.807) is 0 Å². The fourth-order valence-corrected chi connectivity index (χ4v) is 12.6. The number of phosphoric acid groups is 2. The van der Waals surface area contributed by atoms with Crippen molar-refractivity contribution in [3.8, 4) is 0 Å². The number of esters is 4. The molecule has 19 heteroatoms. The maximum absolute atomic E-state index is 13.0. The summed E-state index contributed by atoms with van der Waals surface area (Å²) < 4.78 is 68.3. The van der Waals surface area contributed by atoms with Crippen molar-refractivity contribution in [1.29, 1.82) is 0 Å². The summed E-state index contributed by atoms with van der Waals surface area (Å²) in [7, 11) is -9.90. The summed E-state index contributed by atoms with van der Waals surface area (Å²) in [6.45, 7) is 11.7. The summed E-state index contributed by atoms with van der Waals surface area (Å²) in [5.41, 5.74) is 0. The summed E-state index contributed by atoms with van der Waals surface area (Å²) >= 11 is 0. The monoisotopic (exact) mass is 1350 g/mol. The zero-order valence-electron chi connectivity index (χ0n) is 60.0. The molecule has 0 aliphatic carbocycles. The lowest BCUT2D eigenvalue weighted by Gasteiger charge is -2.21. The summed E-state index contributed by atoms with van der Waals surface area (Å²) in [5.74, 6) is 0.00147. The van der Waals surface area contributed by atoms with Crippen molar-refractivity contribution in [1.82, 2.24) is 0 Å². The molecule has 0 spiro atoms. The van der Waals surface area contributed by atoms with E-state index in [9.17, 15) is 43.2 Å². The molecule has 6 atom stereocenters. The third-order valence-electron chi connectivity index (χ3n) is 17.2. The SMILES string of the molecule is CCCCCCCCCCCCCCCCCCCCCCCCC(=O)O[C@H](COC(=O)CCCCCCCCCC(C)C)COP(=O)(O)OC[C@@H](O)COP(=O)(O)OC[C@@H](COC(=O)CCCCCCCCC(C)CC)OC(=O)CCCCCCCCCC(C)C. The fourth-order valence-electron chi connectivity index (χ4n) is 11.0. The van der Waals surface area contributed by atoms with Gasteiger partial charge in [-0.3, -0.25) is 37.3 Å². The van der Waals surface area contributed by atoms with Gasteiger partial charge in [-0.2, -0.15) is 0 Å². The van der Waals surface area contributed by atoms with Gasteiger partial charge in [0.05, 0.1) is 26.4 Å². The Morgan fingerprint density at radius 1 is 0.315 bits per heavy atom. The molecule has 0 fully saturated rings. The van der Waals surface area contributed by atoms with Crippen molar-refractivity contribution < 1.29 is 80.2 Å². The van der Waals surface area contributed by atoms with Gasteiger partial charge in [-0.25, -0.2) is 9.13 Å². The molecular weight excluding hydrogens is 1210 g/mol. The van der Waals surface area contributed by atoms with Gasteiger partial charge >= 0.3 is 39.5 Å². The number of rotatable bonds is 71. The fraction of sp³-hybridized carbons (Fsp3) is 0.945. The van der Waals surface area contributed by atoms with Gasteiger partial charge in [-0.05, 0) is 43.4 Å². The molecule has 0 amide bonds. The molecule has 17 nitrogen and oxygen atoms in total. The van der Waals surface area contributed by atoms with Crippen LogP contribution in [0.15, 0.2) is 0 Å². The van der Waals surface area contributed by atoms with E-state index in [0.29, 0.717) is 37.5 Å². The number of phosphoric ester groups is 2. The normalized spacial score (nSPS) is 14.4. The summed E-state index contributed by atoms with van der Waals surface area (Å²) in [6, 6.07) is 0. The van der Waals surface area contributed by atoms with Crippen molar-refractivity contribution in [2.45, 2.75) is 388 Å². The molecule has 0 aromatic heterocycles. The van der Waals surface area contributed by atoms with Crippen molar-refractivity contribution >= 4 is 39.5 Å². The second kappa shape index (κ2) is 63.8. The first kappa shape index (κ1) is 90.1. The third kappa shape index (κ3) is 65.4. The lowest BCUT2D eigenvalue weighted by Crippen LogP contribution is -2.30. The van der Waals surface area contributed by atoms with Gasteiger partial charge < -0.3 is 33.8 Å². The Kier molecular flexibility index (Phi) is 62.4. The molecule has 0 aliphatic rings. The molecular formula is C73H142O17P2. The van der Waals surface area contributed by atoms with E-state index < -0.39 is 97.5 Å². The summed E-state index contributed by atoms with van der Waals surface area (Å²) in [4.78, 5) is 72.5. The van der Waals surface area contributed by atoms with E-state index in [4.69, 9.17) is 37.0 Å². The zero-order valence-corrected chi connectivity index (χ0v) is 61.8. The maximum Gasteiger partial charge on any atom is 0.472 e. The summed E-state index contributed by atoms with van der Waals surface area (Å²) in [6.07, 6.45) is 49.1. The molecule has 0 heterocycles. The van der Waals surface area contributed by atoms with E-state index in [1.807, 2.05) is 0 Å². The van der Waals surface area contributed by atoms with Gasteiger partial charge in [-0.1, -0.05) is 318 Å². The van der Waals surface area contributed by atoms with E-state index in [2.05, 4.69) is 48.5 Å². The first-order valence-corrected chi connectivity index (χ1v) is 40.9. The van der Waals surface area contributed by atoms with Gasteiger partial charge in [0.15, 0.2) is 12.2 Å². The highest BCUT2D eigenvalue weighted by molar-refractivity contribution is 7.47. The summed E-state index contributed by atoms with van der Waals surface area (Å²) in [5, 5.41) is 10.6. The molecule has 3 N–H and O–H groups in total. The number of unbranched alkanes of at least 4 members (excludes halogenated alkanes) is 38. The van der Waals surface area contributed by atoms with Gasteiger partial charge in [0.2, 0.25) is 0 Å². The number of hydrogen-bond acceptors (Lipinski definition) is 15. The molecule has 3 unspecified atom stereocenters. The molecule has 0 aliphatic heterocycles. The highest BCUT2D eigenvalue weighted by Crippen LogP contribution is 2.45. The molecule has 0 aromatic rings. The third-order valence-corrected chi connectivity index (χ3v) is 19.1. The van der Waals surface area contributed by atoms with Crippen LogP contribution in [-0.2, 0) is 65.4 Å². The van der Waals surface area contributed by atoms with Crippen molar-refractivity contribution in [2.75, 3.05) is 39.6 Å². The first-order valence-electron chi connectivity index (χ1n) is 37.9. The highest BCUT2D eigenvalue weighted by atomic mass is 31.2. The van der Waals surface area contributed by atoms with Crippen LogP contribution in [0, 0.1) is 17.8 Å². The second-order valence-electron chi connectivity index (χ2n) is 27.5. The van der Waals surface area contributed by atoms with Crippen LogP contribution in [0.3, 0.4) is 0 Å². The molecule has 0 saturated heterocycles. The Morgan fingerprint density at radius 3 is 0.826 bits per heavy atom. The molecule has 0 saturated carbocycles.